The first-order valence-electron chi connectivity index (χ1n) is 11.3. The number of hydrogen-bond acceptors (Lipinski definition) is 5. The van der Waals surface area contributed by atoms with Crippen LogP contribution in [-0.2, 0) is 23.1 Å². The zero-order valence-corrected chi connectivity index (χ0v) is 20.1. The first-order chi connectivity index (χ1) is 16.4. The molecule has 1 aliphatic heterocycles. The van der Waals surface area contributed by atoms with Crippen molar-refractivity contribution in [1.82, 2.24) is 15.1 Å². The summed E-state index contributed by atoms with van der Waals surface area (Å²) in [5.41, 5.74) is 3.16. The lowest BCUT2D eigenvalue weighted by atomic mass is 10.1. The predicted molar refractivity (Wildman–Crippen MR) is 134 cm³/mol. The molecule has 1 heterocycles. The van der Waals surface area contributed by atoms with Gasteiger partial charge in [0.15, 0.2) is 0 Å². The average molecular weight is 479 g/mol. The van der Waals surface area contributed by atoms with Crippen LogP contribution in [0.2, 0.25) is 0 Å². The number of nitrogens with zero attached hydrogens (tertiary/aromatic N) is 2. The van der Waals surface area contributed by atoms with E-state index in [9.17, 15) is 13.2 Å². The van der Waals surface area contributed by atoms with Crippen LogP contribution in [0.15, 0.2) is 83.8 Å². The number of carbonyl (C=O) groups excluding carboxylic acids is 1. The van der Waals surface area contributed by atoms with Crippen molar-refractivity contribution in [3.63, 3.8) is 0 Å². The van der Waals surface area contributed by atoms with Gasteiger partial charge in [0.2, 0.25) is 0 Å². The highest BCUT2D eigenvalue weighted by Crippen LogP contribution is 2.17. The molecule has 0 spiro atoms. The van der Waals surface area contributed by atoms with Gasteiger partial charge in [-0.1, -0.05) is 42.5 Å². The summed E-state index contributed by atoms with van der Waals surface area (Å²) in [6.45, 7) is 5.60. The van der Waals surface area contributed by atoms with Crippen LogP contribution in [0.3, 0.4) is 0 Å². The number of para-hydroxylation sites is 1. The van der Waals surface area contributed by atoms with E-state index in [4.69, 9.17) is 0 Å². The van der Waals surface area contributed by atoms with Gasteiger partial charge < -0.3 is 10.2 Å². The SMILES string of the molecule is CN1CCN(Cc2cccc(CNC(=O)c3ccc(S(=O)(=O)Nc4ccccc4)cc3)c2)CC1. The van der Waals surface area contributed by atoms with Gasteiger partial charge in [-0.3, -0.25) is 14.4 Å². The third-order valence-electron chi connectivity index (χ3n) is 5.90. The van der Waals surface area contributed by atoms with Gasteiger partial charge in [0.1, 0.15) is 0 Å². The van der Waals surface area contributed by atoms with Gasteiger partial charge in [-0.15, -0.1) is 0 Å². The highest BCUT2D eigenvalue weighted by atomic mass is 32.2. The molecule has 0 radical (unpaired) electrons. The van der Waals surface area contributed by atoms with Crippen molar-refractivity contribution < 1.29 is 13.2 Å². The molecule has 1 saturated heterocycles. The predicted octanol–water partition coefficient (Wildman–Crippen LogP) is 3.16. The molecule has 0 atom stereocenters. The van der Waals surface area contributed by atoms with E-state index < -0.39 is 10.0 Å². The van der Waals surface area contributed by atoms with Gasteiger partial charge >= 0.3 is 0 Å². The molecular weight excluding hydrogens is 448 g/mol. The summed E-state index contributed by atoms with van der Waals surface area (Å²) in [5.74, 6) is -0.246. The molecule has 2 N–H and O–H groups in total. The Morgan fingerprint density at radius 1 is 0.853 bits per heavy atom. The number of piperazine rings is 1. The minimum Gasteiger partial charge on any atom is -0.348 e. The highest BCUT2D eigenvalue weighted by molar-refractivity contribution is 7.92. The molecule has 1 aliphatic rings. The summed E-state index contributed by atoms with van der Waals surface area (Å²) in [6, 6.07) is 22.9. The van der Waals surface area contributed by atoms with E-state index in [-0.39, 0.29) is 10.8 Å². The van der Waals surface area contributed by atoms with Gasteiger partial charge in [-0.2, -0.15) is 0 Å². The van der Waals surface area contributed by atoms with E-state index in [1.54, 1.807) is 24.3 Å². The third kappa shape index (κ3) is 6.44. The molecule has 7 nitrogen and oxygen atoms in total. The van der Waals surface area contributed by atoms with Crippen LogP contribution in [-0.4, -0.2) is 57.4 Å². The van der Waals surface area contributed by atoms with Crippen LogP contribution in [0.1, 0.15) is 21.5 Å². The third-order valence-corrected chi connectivity index (χ3v) is 7.30. The molecule has 34 heavy (non-hydrogen) atoms. The van der Waals surface area contributed by atoms with E-state index >= 15 is 0 Å². The van der Waals surface area contributed by atoms with Crippen LogP contribution >= 0.6 is 0 Å². The molecular formula is C26H30N4O3S. The maximum Gasteiger partial charge on any atom is 0.261 e. The minimum atomic E-state index is -3.72. The summed E-state index contributed by atoms with van der Waals surface area (Å²) in [7, 11) is -1.57. The Bertz CT molecular complexity index is 1210. The number of carbonyl (C=O) groups is 1. The molecule has 0 saturated carbocycles. The monoisotopic (exact) mass is 478 g/mol. The number of hydrogen-bond donors (Lipinski definition) is 2. The molecule has 3 aromatic carbocycles. The number of nitrogens with one attached hydrogen (secondary N) is 2. The van der Waals surface area contributed by atoms with E-state index in [0.717, 1.165) is 38.3 Å². The van der Waals surface area contributed by atoms with Gasteiger partial charge in [-0.05, 0) is 54.6 Å². The second-order valence-electron chi connectivity index (χ2n) is 8.58. The van der Waals surface area contributed by atoms with Crippen molar-refractivity contribution in [3.8, 4) is 0 Å². The van der Waals surface area contributed by atoms with Gasteiger partial charge in [0, 0.05) is 50.5 Å². The Balaban J connectivity index is 1.33. The first kappa shape index (κ1) is 23.9. The summed E-state index contributed by atoms with van der Waals surface area (Å²) < 4.78 is 27.7. The van der Waals surface area contributed by atoms with Crippen LogP contribution in [0.4, 0.5) is 5.69 Å². The molecule has 1 fully saturated rings. The minimum absolute atomic E-state index is 0.101. The second-order valence-corrected chi connectivity index (χ2v) is 10.3. The topological polar surface area (TPSA) is 81.8 Å². The Kier molecular flexibility index (Phi) is 7.62. The number of amides is 1. The van der Waals surface area contributed by atoms with Crippen molar-refractivity contribution in [2.45, 2.75) is 18.0 Å². The zero-order chi connectivity index (χ0) is 24.0. The molecule has 4 rings (SSSR count). The molecule has 0 bridgehead atoms. The standard InChI is InChI=1S/C26H30N4O3S/c1-29-14-16-30(17-15-29)20-22-7-5-6-21(18-22)19-27-26(31)23-10-12-25(13-11-23)34(32,33)28-24-8-3-2-4-9-24/h2-13,18,28H,14-17,19-20H2,1H3,(H,27,31). The molecule has 178 valence electrons. The normalized spacial score (nSPS) is 15.1. The maximum atomic E-state index is 12.6. The van der Waals surface area contributed by atoms with Crippen molar-refractivity contribution in [3.05, 3.63) is 95.6 Å². The van der Waals surface area contributed by atoms with Crippen LogP contribution in [0.25, 0.3) is 0 Å². The molecule has 0 aliphatic carbocycles. The van der Waals surface area contributed by atoms with E-state index in [0.29, 0.717) is 17.8 Å². The lowest BCUT2D eigenvalue weighted by molar-refractivity contribution is 0.0950. The zero-order valence-electron chi connectivity index (χ0n) is 19.3. The molecule has 0 unspecified atom stereocenters. The lowest BCUT2D eigenvalue weighted by Gasteiger charge is -2.32. The Morgan fingerprint density at radius 3 is 2.24 bits per heavy atom. The van der Waals surface area contributed by atoms with Crippen LogP contribution in [0.5, 0.6) is 0 Å². The average Bonchev–Trinajstić information content (AvgIpc) is 2.85. The van der Waals surface area contributed by atoms with Crippen molar-refractivity contribution in [2.75, 3.05) is 37.9 Å². The summed E-state index contributed by atoms with van der Waals surface area (Å²) in [6.07, 6.45) is 0. The van der Waals surface area contributed by atoms with Gasteiger partial charge in [0.05, 0.1) is 4.90 Å². The quantitative estimate of drug-likeness (QED) is 0.520. The largest absolute Gasteiger partial charge is 0.348 e. The highest BCUT2D eigenvalue weighted by Gasteiger charge is 2.16. The number of likely N-dealkylation sites (N-methyl/N-ethyl adjacent to an activating group) is 1. The second kappa shape index (κ2) is 10.8. The van der Waals surface area contributed by atoms with Crippen molar-refractivity contribution in [1.29, 1.82) is 0 Å². The molecule has 0 aromatic heterocycles. The van der Waals surface area contributed by atoms with E-state index in [1.165, 1.54) is 29.8 Å². The Hall–Kier alpha value is -3.20. The molecule has 8 heteroatoms. The van der Waals surface area contributed by atoms with E-state index in [2.05, 4.69) is 39.0 Å². The summed E-state index contributed by atoms with van der Waals surface area (Å²) >= 11 is 0. The Morgan fingerprint density at radius 2 is 1.53 bits per heavy atom. The van der Waals surface area contributed by atoms with Gasteiger partial charge in [0.25, 0.3) is 15.9 Å². The maximum absolute atomic E-state index is 12.6. The lowest BCUT2D eigenvalue weighted by Crippen LogP contribution is -2.43. The van der Waals surface area contributed by atoms with Gasteiger partial charge in [-0.25, -0.2) is 8.42 Å². The Labute approximate surface area is 201 Å². The van der Waals surface area contributed by atoms with Crippen LogP contribution < -0.4 is 10.0 Å². The number of rotatable bonds is 8. The smallest absolute Gasteiger partial charge is 0.261 e. The van der Waals surface area contributed by atoms with Crippen LogP contribution in [0, 0.1) is 0 Å². The fraction of sp³-hybridized carbons (Fsp3) is 0.269. The number of benzene rings is 3. The number of sulfonamides is 1. The first-order valence-corrected chi connectivity index (χ1v) is 12.8. The van der Waals surface area contributed by atoms with Crippen molar-refractivity contribution in [2.24, 2.45) is 0 Å². The van der Waals surface area contributed by atoms with E-state index in [1.807, 2.05) is 18.2 Å². The fourth-order valence-corrected chi connectivity index (χ4v) is 4.95. The summed E-state index contributed by atoms with van der Waals surface area (Å²) in [4.78, 5) is 17.5. The summed E-state index contributed by atoms with van der Waals surface area (Å²) in [5, 5.41) is 2.93. The molecule has 3 aromatic rings. The van der Waals surface area contributed by atoms with Crippen molar-refractivity contribution >= 4 is 21.6 Å². The fourth-order valence-electron chi connectivity index (χ4n) is 3.89. The molecule has 1 amide bonds. The number of anilines is 1.